The third kappa shape index (κ3) is 4.09. The second kappa shape index (κ2) is 6.36. The largest absolute Gasteiger partial charge is 0.352 e. The molecule has 4 nitrogen and oxygen atoms in total. The number of nitrogens with one attached hydrogen (secondary N) is 1. The number of carbonyl (C=O) groups excluding carboxylic acids is 2. The van der Waals surface area contributed by atoms with Gasteiger partial charge in [-0.25, -0.2) is 0 Å². The maximum atomic E-state index is 11.8. The third-order valence-corrected chi connectivity index (χ3v) is 3.30. The highest BCUT2D eigenvalue weighted by Crippen LogP contribution is 2.08. The van der Waals surface area contributed by atoms with Gasteiger partial charge in [-0.3, -0.25) is 9.59 Å². The van der Waals surface area contributed by atoms with Crippen LogP contribution in [0.25, 0.3) is 0 Å². The molecule has 0 saturated carbocycles. The monoisotopic (exact) mass is 260 g/mol. The van der Waals surface area contributed by atoms with E-state index in [-0.39, 0.29) is 24.4 Å². The fraction of sp³-hybridized carbons (Fsp3) is 0.467. The van der Waals surface area contributed by atoms with Crippen molar-refractivity contribution in [3.05, 3.63) is 35.9 Å². The van der Waals surface area contributed by atoms with E-state index in [9.17, 15) is 9.59 Å². The summed E-state index contributed by atoms with van der Waals surface area (Å²) >= 11 is 0. The molecule has 0 aromatic heterocycles. The van der Waals surface area contributed by atoms with Crippen LogP contribution < -0.4 is 5.32 Å². The van der Waals surface area contributed by atoms with Crippen LogP contribution in [0.15, 0.2) is 30.3 Å². The van der Waals surface area contributed by atoms with Gasteiger partial charge in [0.1, 0.15) is 0 Å². The molecule has 1 fully saturated rings. The van der Waals surface area contributed by atoms with Gasteiger partial charge in [-0.1, -0.05) is 30.3 Å². The lowest BCUT2D eigenvalue weighted by Crippen LogP contribution is -2.42. The van der Waals surface area contributed by atoms with Crippen LogP contribution in [0.5, 0.6) is 0 Å². The molecular formula is C15H20N2O2. The molecule has 0 radical (unpaired) electrons. The molecule has 1 aromatic carbocycles. The van der Waals surface area contributed by atoms with Gasteiger partial charge in [0.05, 0.1) is 6.54 Å². The zero-order valence-corrected chi connectivity index (χ0v) is 11.3. The van der Waals surface area contributed by atoms with Gasteiger partial charge in [-0.15, -0.1) is 0 Å². The van der Waals surface area contributed by atoms with Crippen LogP contribution >= 0.6 is 0 Å². The zero-order valence-electron chi connectivity index (χ0n) is 11.3. The third-order valence-electron chi connectivity index (χ3n) is 3.30. The summed E-state index contributed by atoms with van der Waals surface area (Å²) in [5, 5.41) is 2.94. The van der Waals surface area contributed by atoms with Crippen LogP contribution in [0.3, 0.4) is 0 Å². The number of amides is 2. The summed E-state index contributed by atoms with van der Waals surface area (Å²) in [5.74, 6) is 0.0181. The van der Waals surface area contributed by atoms with Crippen LogP contribution in [0.1, 0.15) is 25.3 Å². The molecule has 2 rings (SSSR count). The molecule has 1 heterocycles. The summed E-state index contributed by atoms with van der Waals surface area (Å²) in [6.45, 7) is 2.88. The van der Waals surface area contributed by atoms with Crippen molar-refractivity contribution in [3.8, 4) is 0 Å². The number of benzene rings is 1. The van der Waals surface area contributed by atoms with Crippen molar-refractivity contribution >= 4 is 11.8 Å². The van der Waals surface area contributed by atoms with Crippen molar-refractivity contribution in [1.82, 2.24) is 10.2 Å². The van der Waals surface area contributed by atoms with Crippen LogP contribution in [0, 0.1) is 0 Å². The van der Waals surface area contributed by atoms with Gasteiger partial charge in [0.25, 0.3) is 0 Å². The first-order chi connectivity index (χ1) is 9.15. The van der Waals surface area contributed by atoms with Crippen molar-refractivity contribution in [2.24, 2.45) is 0 Å². The first-order valence-corrected chi connectivity index (χ1v) is 6.76. The SMILES string of the molecule is C[C@@H](Cc1ccccc1)NC(=O)CN1CCCC1=O. The maximum absolute atomic E-state index is 11.8. The molecule has 1 aliphatic rings. The molecule has 1 aromatic rings. The van der Waals surface area contributed by atoms with Gasteiger partial charge in [-0.05, 0) is 25.3 Å². The van der Waals surface area contributed by atoms with Crippen LogP contribution in [0.2, 0.25) is 0 Å². The average Bonchev–Trinajstić information content (AvgIpc) is 2.76. The number of rotatable bonds is 5. The van der Waals surface area contributed by atoms with Crippen molar-refractivity contribution in [2.45, 2.75) is 32.2 Å². The molecule has 4 heteroatoms. The quantitative estimate of drug-likeness (QED) is 0.869. The second-order valence-electron chi connectivity index (χ2n) is 5.08. The Bertz CT molecular complexity index is 445. The smallest absolute Gasteiger partial charge is 0.239 e. The van der Waals surface area contributed by atoms with Gasteiger partial charge in [0.2, 0.25) is 11.8 Å². The maximum Gasteiger partial charge on any atom is 0.239 e. The molecule has 1 aliphatic heterocycles. The normalized spacial score (nSPS) is 16.5. The fourth-order valence-corrected chi connectivity index (χ4v) is 2.38. The number of likely N-dealkylation sites (tertiary alicyclic amines) is 1. The van der Waals surface area contributed by atoms with Gasteiger partial charge in [0.15, 0.2) is 0 Å². The lowest BCUT2D eigenvalue weighted by atomic mass is 10.1. The van der Waals surface area contributed by atoms with E-state index >= 15 is 0 Å². The summed E-state index contributed by atoms with van der Waals surface area (Å²) in [6.07, 6.45) is 2.25. The fourth-order valence-electron chi connectivity index (χ4n) is 2.38. The van der Waals surface area contributed by atoms with Crippen molar-refractivity contribution < 1.29 is 9.59 Å². The first-order valence-electron chi connectivity index (χ1n) is 6.76. The lowest BCUT2D eigenvalue weighted by molar-refractivity contribution is -0.133. The van der Waals surface area contributed by atoms with Crippen molar-refractivity contribution in [1.29, 1.82) is 0 Å². The number of carbonyl (C=O) groups is 2. The average molecular weight is 260 g/mol. The molecule has 0 spiro atoms. The zero-order chi connectivity index (χ0) is 13.7. The molecule has 2 amide bonds. The van der Waals surface area contributed by atoms with E-state index in [4.69, 9.17) is 0 Å². The summed E-state index contributed by atoms with van der Waals surface area (Å²) in [5.41, 5.74) is 1.20. The summed E-state index contributed by atoms with van der Waals surface area (Å²) < 4.78 is 0. The molecule has 102 valence electrons. The number of hydrogen-bond donors (Lipinski definition) is 1. The minimum Gasteiger partial charge on any atom is -0.352 e. The summed E-state index contributed by atoms with van der Waals surface area (Å²) in [7, 11) is 0. The van der Waals surface area contributed by atoms with E-state index in [0.29, 0.717) is 13.0 Å². The molecular weight excluding hydrogens is 240 g/mol. The highest BCUT2D eigenvalue weighted by Gasteiger charge is 2.22. The van der Waals surface area contributed by atoms with Crippen LogP contribution in [0.4, 0.5) is 0 Å². The predicted octanol–water partition coefficient (Wildman–Crippen LogP) is 1.36. The standard InChI is InChI=1S/C15H20N2O2/c1-12(10-13-6-3-2-4-7-13)16-14(18)11-17-9-5-8-15(17)19/h2-4,6-7,12H,5,8-11H2,1H3,(H,16,18)/t12-/m0/s1. The Labute approximate surface area is 113 Å². The Balaban J connectivity index is 1.77. The molecule has 1 N–H and O–H groups in total. The molecule has 1 atom stereocenters. The van der Waals surface area contributed by atoms with Gasteiger partial charge < -0.3 is 10.2 Å². The van der Waals surface area contributed by atoms with Gasteiger partial charge in [0, 0.05) is 19.0 Å². The highest BCUT2D eigenvalue weighted by atomic mass is 16.2. The Hall–Kier alpha value is -1.84. The van der Waals surface area contributed by atoms with E-state index in [2.05, 4.69) is 5.32 Å². The minimum absolute atomic E-state index is 0.0707. The van der Waals surface area contributed by atoms with Crippen molar-refractivity contribution in [2.75, 3.05) is 13.1 Å². The van der Waals surface area contributed by atoms with Gasteiger partial charge >= 0.3 is 0 Å². The molecule has 0 aliphatic carbocycles. The minimum atomic E-state index is -0.0707. The van der Waals surface area contributed by atoms with E-state index < -0.39 is 0 Å². The van der Waals surface area contributed by atoms with E-state index in [1.54, 1.807) is 4.90 Å². The van der Waals surface area contributed by atoms with Gasteiger partial charge in [-0.2, -0.15) is 0 Å². The second-order valence-corrected chi connectivity index (χ2v) is 5.08. The molecule has 0 unspecified atom stereocenters. The van der Waals surface area contributed by atoms with E-state index in [1.165, 1.54) is 5.56 Å². The molecule has 1 saturated heterocycles. The highest BCUT2D eigenvalue weighted by molar-refractivity contribution is 5.85. The number of nitrogens with zero attached hydrogens (tertiary/aromatic N) is 1. The summed E-state index contributed by atoms with van der Waals surface area (Å²) in [6, 6.07) is 10.1. The van der Waals surface area contributed by atoms with E-state index in [0.717, 1.165) is 12.8 Å². The predicted molar refractivity (Wildman–Crippen MR) is 73.6 cm³/mol. The van der Waals surface area contributed by atoms with Crippen LogP contribution in [-0.4, -0.2) is 35.8 Å². The Morgan fingerprint density at radius 1 is 1.37 bits per heavy atom. The Morgan fingerprint density at radius 3 is 2.74 bits per heavy atom. The lowest BCUT2D eigenvalue weighted by Gasteiger charge is -2.18. The Kier molecular flexibility index (Phi) is 4.55. The van der Waals surface area contributed by atoms with Crippen molar-refractivity contribution in [3.63, 3.8) is 0 Å². The number of hydrogen-bond acceptors (Lipinski definition) is 2. The summed E-state index contributed by atoms with van der Waals surface area (Å²) in [4.78, 5) is 24.9. The van der Waals surface area contributed by atoms with Crippen LogP contribution in [-0.2, 0) is 16.0 Å². The van der Waals surface area contributed by atoms with E-state index in [1.807, 2.05) is 37.3 Å². The molecule has 19 heavy (non-hydrogen) atoms. The molecule has 0 bridgehead atoms. The Morgan fingerprint density at radius 2 is 2.11 bits per heavy atom. The topological polar surface area (TPSA) is 49.4 Å². The first kappa shape index (κ1) is 13.6.